The second-order valence-corrected chi connectivity index (χ2v) is 3.77. The number of carbonyl (C=O) groups is 1. The maximum atomic E-state index is 13.3. The molecule has 19 heavy (non-hydrogen) atoms. The number of benzene rings is 2. The lowest BCUT2D eigenvalue weighted by molar-refractivity contribution is 0.0951. The molecule has 1 amide bonds. The molecule has 0 aromatic heterocycles. The molecule has 0 bridgehead atoms. The third-order valence-corrected chi connectivity index (χ3v) is 2.39. The number of hydrazone groups is 1. The summed E-state index contributed by atoms with van der Waals surface area (Å²) in [4.78, 5) is 11.6. The van der Waals surface area contributed by atoms with E-state index in [0.717, 1.165) is 0 Å². The van der Waals surface area contributed by atoms with Crippen LogP contribution in [0.3, 0.4) is 0 Å². The summed E-state index contributed by atoms with van der Waals surface area (Å²) < 4.78 is 13.3. The lowest BCUT2D eigenvalue weighted by Gasteiger charge is -2.00. The van der Waals surface area contributed by atoms with Crippen molar-refractivity contribution in [1.82, 2.24) is 5.43 Å². The number of amides is 1. The third kappa shape index (κ3) is 3.38. The zero-order valence-corrected chi connectivity index (χ0v) is 9.88. The van der Waals surface area contributed by atoms with Gasteiger partial charge in [0.2, 0.25) is 0 Å². The Kier molecular flexibility index (Phi) is 3.87. The predicted molar refractivity (Wildman–Crippen MR) is 69.6 cm³/mol. The Labute approximate surface area is 109 Å². The van der Waals surface area contributed by atoms with Gasteiger partial charge in [-0.15, -0.1) is 0 Å². The Morgan fingerprint density at radius 2 is 1.84 bits per heavy atom. The van der Waals surface area contributed by atoms with Gasteiger partial charge in [-0.2, -0.15) is 5.10 Å². The van der Waals surface area contributed by atoms with Crippen LogP contribution in [0.1, 0.15) is 15.9 Å². The zero-order valence-electron chi connectivity index (χ0n) is 9.88. The van der Waals surface area contributed by atoms with Crippen molar-refractivity contribution in [3.63, 3.8) is 0 Å². The molecule has 4 nitrogen and oxygen atoms in total. The van der Waals surface area contributed by atoms with Gasteiger partial charge >= 0.3 is 0 Å². The number of phenols is 1. The molecule has 5 heteroatoms. The fourth-order valence-electron chi connectivity index (χ4n) is 1.43. The van der Waals surface area contributed by atoms with Crippen LogP contribution >= 0.6 is 0 Å². The van der Waals surface area contributed by atoms with Crippen LogP contribution in [0.25, 0.3) is 0 Å². The number of aromatic hydroxyl groups is 1. The van der Waals surface area contributed by atoms with Gasteiger partial charge in [0.1, 0.15) is 11.6 Å². The Morgan fingerprint density at radius 1 is 1.16 bits per heavy atom. The van der Waals surface area contributed by atoms with E-state index in [1.807, 2.05) is 0 Å². The van der Waals surface area contributed by atoms with Gasteiger partial charge in [0.25, 0.3) is 5.91 Å². The molecule has 0 aliphatic heterocycles. The monoisotopic (exact) mass is 258 g/mol. The van der Waals surface area contributed by atoms with E-state index in [2.05, 4.69) is 10.5 Å². The summed E-state index contributed by atoms with van der Waals surface area (Å²) in [5.41, 5.74) is 2.87. The van der Waals surface area contributed by atoms with E-state index in [1.165, 1.54) is 36.5 Å². The number of nitrogens with zero attached hydrogens (tertiary/aromatic N) is 1. The van der Waals surface area contributed by atoms with Gasteiger partial charge in [0.15, 0.2) is 0 Å². The van der Waals surface area contributed by atoms with E-state index in [-0.39, 0.29) is 11.3 Å². The average molecular weight is 258 g/mol. The minimum atomic E-state index is -0.617. The quantitative estimate of drug-likeness (QED) is 0.655. The molecule has 2 rings (SSSR count). The third-order valence-electron chi connectivity index (χ3n) is 2.39. The van der Waals surface area contributed by atoms with Gasteiger partial charge < -0.3 is 5.11 Å². The summed E-state index contributed by atoms with van der Waals surface area (Å²) in [6.45, 7) is 0. The van der Waals surface area contributed by atoms with Crippen LogP contribution in [-0.2, 0) is 0 Å². The number of rotatable bonds is 3. The molecule has 0 radical (unpaired) electrons. The van der Waals surface area contributed by atoms with E-state index < -0.39 is 11.7 Å². The first-order chi connectivity index (χ1) is 9.16. The van der Waals surface area contributed by atoms with Crippen molar-refractivity contribution in [2.24, 2.45) is 5.10 Å². The lowest BCUT2D eigenvalue weighted by atomic mass is 10.2. The summed E-state index contributed by atoms with van der Waals surface area (Å²) in [5.74, 6) is -1.07. The van der Waals surface area contributed by atoms with Crippen molar-refractivity contribution in [1.29, 1.82) is 0 Å². The van der Waals surface area contributed by atoms with Crippen LogP contribution in [0, 0.1) is 5.82 Å². The predicted octanol–water partition coefficient (Wildman–Crippen LogP) is 2.30. The first-order valence-electron chi connectivity index (χ1n) is 5.54. The number of hydrogen-bond donors (Lipinski definition) is 2. The van der Waals surface area contributed by atoms with Gasteiger partial charge in [-0.3, -0.25) is 4.79 Å². The van der Waals surface area contributed by atoms with Crippen molar-refractivity contribution < 1.29 is 14.3 Å². The number of halogens is 1. The summed E-state index contributed by atoms with van der Waals surface area (Å²) >= 11 is 0. The molecule has 0 heterocycles. The summed E-state index contributed by atoms with van der Waals surface area (Å²) in [6, 6.07) is 11.9. The highest BCUT2D eigenvalue weighted by atomic mass is 19.1. The lowest BCUT2D eigenvalue weighted by Crippen LogP contribution is -2.18. The molecule has 0 fully saturated rings. The summed E-state index contributed by atoms with van der Waals surface area (Å²) in [5, 5.41) is 12.8. The number of nitrogens with one attached hydrogen (secondary N) is 1. The van der Waals surface area contributed by atoms with Crippen LogP contribution in [0.2, 0.25) is 0 Å². The maximum Gasteiger partial charge on any atom is 0.274 e. The van der Waals surface area contributed by atoms with Crippen LogP contribution < -0.4 is 5.43 Å². The van der Waals surface area contributed by atoms with E-state index >= 15 is 0 Å². The molecular formula is C14H11FN2O2. The SMILES string of the molecule is O=C(NN=Cc1ccc(O)cc1)c1ccccc1F. The second-order valence-electron chi connectivity index (χ2n) is 3.77. The molecule has 2 aromatic carbocycles. The van der Waals surface area contributed by atoms with Crippen LogP contribution in [0.4, 0.5) is 4.39 Å². The minimum absolute atomic E-state index is 0.0645. The Balaban J connectivity index is 2.01. The van der Waals surface area contributed by atoms with E-state index in [9.17, 15) is 9.18 Å². The normalized spacial score (nSPS) is 10.6. The largest absolute Gasteiger partial charge is 0.508 e. The maximum absolute atomic E-state index is 13.3. The van der Waals surface area contributed by atoms with E-state index in [1.54, 1.807) is 18.2 Å². The van der Waals surface area contributed by atoms with Crippen molar-refractivity contribution in [3.05, 3.63) is 65.5 Å². The van der Waals surface area contributed by atoms with Crippen LogP contribution in [0.5, 0.6) is 5.75 Å². The molecule has 0 aliphatic carbocycles. The van der Waals surface area contributed by atoms with E-state index in [0.29, 0.717) is 5.56 Å². The number of carbonyl (C=O) groups excluding carboxylic acids is 1. The number of phenolic OH excluding ortho intramolecular Hbond substituents is 1. The smallest absolute Gasteiger partial charge is 0.274 e. The highest BCUT2D eigenvalue weighted by Gasteiger charge is 2.08. The summed E-state index contributed by atoms with van der Waals surface area (Å²) in [7, 11) is 0. The number of hydrogen-bond acceptors (Lipinski definition) is 3. The first-order valence-corrected chi connectivity index (χ1v) is 5.54. The van der Waals surface area contributed by atoms with Crippen LogP contribution in [0.15, 0.2) is 53.6 Å². The molecular weight excluding hydrogens is 247 g/mol. The zero-order chi connectivity index (χ0) is 13.7. The molecule has 0 unspecified atom stereocenters. The van der Waals surface area contributed by atoms with Crippen molar-refractivity contribution in [2.45, 2.75) is 0 Å². The molecule has 96 valence electrons. The second kappa shape index (κ2) is 5.77. The molecule has 0 aliphatic rings. The first kappa shape index (κ1) is 12.8. The topological polar surface area (TPSA) is 61.7 Å². The van der Waals surface area contributed by atoms with Crippen LogP contribution in [-0.4, -0.2) is 17.2 Å². The molecule has 0 atom stereocenters. The fraction of sp³-hybridized carbons (Fsp3) is 0. The molecule has 2 aromatic rings. The van der Waals surface area contributed by atoms with Gasteiger partial charge in [-0.1, -0.05) is 12.1 Å². The van der Waals surface area contributed by atoms with Crippen molar-refractivity contribution in [2.75, 3.05) is 0 Å². The van der Waals surface area contributed by atoms with Gasteiger partial charge in [0, 0.05) is 0 Å². The van der Waals surface area contributed by atoms with Crippen molar-refractivity contribution in [3.8, 4) is 5.75 Å². The van der Waals surface area contributed by atoms with E-state index in [4.69, 9.17) is 5.11 Å². The highest BCUT2D eigenvalue weighted by Crippen LogP contribution is 2.08. The standard InChI is InChI=1S/C14H11FN2O2/c15-13-4-2-1-3-12(13)14(19)17-16-9-10-5-7-11(18)8-6-10/h1-9,18H,(H,17,19). The minimum Gasteiger partial charge on any atom is -0.508 e. The molecule has 2 N–H and O–H groups in total. The fourth-order valence-corrected chi connectivity index (χ4v) is 1.43. The molecule has 0 spiro atoms. The van der Waals surface area contributed by atoms with Gasteiger partial charge in [0.05, 0.1) is 11.8 Å². The Hall–Kier alpha value is -2.69. The van der Waals surface area contributed by atoms with Gasteiger partial charge in [-0.05, 0) is 42.0 Å². The molecule has 0 saturated carbocycles. The average Bonchev–Trinajstić information content (AvgIpc) is 2.41. The van der Waals surface area contributed by atoms with Gasteiger partial charge in [-0.25, -0.2) is 9.82 Å². The Bertz CT molecular complexity index is 609. The highest BCUT2D eigenvalue weighted by molar-refractivity contribution is 5.95. The van der Waals surface area contributed by atoms with Crippen molar-refractivity contribution >= 4 is 12.1 Å². The Morgan fingerprint density at radius 3 is 2.53 bits per heavy atom. The molecule has 0 saturated heterocycles. The summed E-state index contributed by atoms with van der Waals surface area (Å²) in [6.07, 6.45) is 1.40.